The molecule has 0 saturated carbocycles. The molecule has 0 aliphatic carbocycles. The van der Waals surface area contributed by atoms with E-state index in [-0.39, 0.29) is 12.6 Å². The highest BCUT2D eigenvalue weighted by atomic mass is 16.6. The second-order valence-electron chi connectivity index (χ2n) is 6.85. The zero-order chi connectivity index (χ0) is 20.3. The van der Waals surface area contributed by atoms with Gasteiger partial charge in [-0.2, -0.15) is 0 Å². The van der Waals surface area contributed by atoms with Crippen molar-refractivity contribution >= 4 is 22.9 Å². The molecule has 7 heteroatoms. The van der Waals surface area contributed by atoms with Crippen molar-refractivity contribution in [2.24, 2.45) is 0 Å². The fourth-order valence-electron chi connectivity index (χ4n) is 3.24. The highest BCUT2D eigenvalue weighted by molar-refractivity contribution is 5.80. The van der Waals surface area contributed by atoms with Crippen LogP contribution in [0, 0.1) is 0 Å². The maximum atomic E-state index is 12.0. The maximum Gasteiger partial charge on any atom is 0.412 e. The van der Waals surface area contributed by atoms with Crippen LogP contribution in [0.25, 0.3) is 16.8 Å². The normalized spacial score (nSPS) is 12.3. The van der Waals surface area contributed by atoms with Gasteiger partial charge in [-0.3, -0.25) is 4.90 Å². The van der Waals surface area contributed by atoms with Crippen LogP contribution in [0.5, 0.6) is 5.88 Å². The Labute approximate surface area is 165 Å². The third-order valence-corrected chi connectivity index (χ3v) is 4.94. The Morgan fingerprint density at radius 3 is 2.64 bits per heavy atom. The number of ether oxygens (including phenoxy) is 2. The number of rotatable bonds is 7. The first-order valence-corrected chi connectivity index (χ1v) is 9.82. The number of benzene rings is 1. The molecule has 3 aromatic rings. The minimum absolute atomic E-state index is 0.0808. The summed E-state index contributed by atoms with van der Waals surface area (Å²) in [7, 11) is 1.66. The van der Waals surface area contributed by atoms with Gasteiger partial charge in [0.05, 0.1) is 23.3 Å². The van der Waals surface area contributed by atoms with Crippen LogP contribution in [0.3, 0.4) is 0 Å². The lowest BCUT2D eigenvalue weighted by Crippen LogP contribution is -2.31. The summed E-state index contributed by atoms with van der Waals surface area (Å²) in [6, 6.07) is 7.90. The summed E-state index contributed by atoms with van der Waals surface area (Å²) in [6.45, 7) is 8.59. The summed E-state index contributed by atoms with van der Waals surface area (Å²) in [5, 5.41) is 0. The molecule has 2 aromatic heterocycles. The first-order valence-electron chi connectivity index (χ1n) is 9.82. The summed E-state index contributed by atoms with van der Waals surface area (Å²) >= 11 is 0. The Morgan fingerprint density at radius 2 is 1.96 bits per heavy atom. The van der Waals surface area contributed by atoms with Gasteiger partial charge < -0.3 is 9.47 Å². The molecule has 0 bridgehead atoms. The Kier molecular flexibility index (Phi) is 6.02. The predicted octanol–water partition coefficient (Wildman–Crippen LogP) is 4.38. The smallest absolute Gasteiger partial charge is 0.412 e. The van der Waals surface area contributed by atoms with Gasteiger partial charge in [0.1, 0.15) is 0 Å². The fraction of sp³-hybridized carbons (Fsp3) is 0.476. The Balaban J connectivity index is 2.14. The van der Waals surface area contributed by atoms with Gasteiger partial charge in [0.2, 0.25) is 11.7 Å². The van der Waals surface area contributed by atoms with Crippen LogP contribution >= 0.6 is 0 Å². The molecule has 2 heterocycles. The van der Waals surface area contributed by atoms with Gasteiger partial charge in [0.25, 0.3) is 0 Å². The summed E-state index contributed by atoms with van der Waals surface area (Å²) in [5.41, 5.74) is 3.84. The SMILES string of the molecule is CCOC(=O)N(C)COc1c(CC)c(C(C)CC)nc2nc3ccccc3n12. The van der Waals surface area contributed by atoms with Crippen LogP contribution in [0.4, 0.5) is 4.79 Å². The minimum atomic E-state index is -0.413. The van der Waals surface area contributed by atoms with Gasteiger partial charge in [-0.25, -0.2) is 19.2 Å². The lowest BCUT2D eigenvalue weighted by molar-refractivity contribution is 0.0836. The van der Waals surface area contributed by atoms with E-state index in [1.807, 2.05) is 28.7 Å². The van der Waals surface area contributed by atoms with Crippen LogP contribution in [0.15, 0.2) is 24.3 Å². The van der Waals surface area contributed by atoms with Crippen molar-refractivity contribution in [3.05, 3.63) is 35.5 Å². The lowest BCUT2D eigenvalue weighted by atomic mass is 9.99. The van der Waals surface area contributed by atoms with Crippen molar-refractivity contribution in [1.29, 1.82) is 0 Å². The van der Waals surface area contributed by atoms with Crippen LogP contribution in [0.2, 0.25) is 0 Å². The van der Waals surface area contributed by atoms with Gasteiger partial charge in [-0.1, -0.05) is 32.9 Å². The van der Waals surface area contributed by atoms with Crippen LogP contribution in [0.1, 0.15) is 51.3 Å². The average Bonchev–Trinajstić information content (AvgIpc) is 3.08. The van der Waals surface area contributed by atoms with Gasteiger partial charge in [-0.15, -0.1) is 0 Å². The topological polar surface area (TPSA) is 69.0 Å². The summed E-state index contributed by atoms with van der Waals surface area (Å²) in [4.78, 5) is 22.9. The summed E-state index contributed by atoms with van der Waals surface area (Å²) in [5.74, 6) is 1.58. The summed E-state index contributed by atoms with van der Waals surface area (Å²) in [6.07, 6.45) is 1.33. The number of aromatic nitrogens is 3. The Bertz CT molecular complexity index is 983. The second kappa shape index (κ2) is 8.46. The molecule has 150 valence electrons. The van der Waals surface area contributed by atoms with E-state index in [2.05, 4.69) is 25.8 Å². The monoisotopic (exact) mass is 384 g/mol. The molecule has 1 aromatic carbocycles. The predicted molar refractivity (Wildman–Crippen MR) is 109 cm³/mol. The van der Waals surface area contributed by atoms with Gasteiger partial charge >= 0.3 is 6.09 Å². The second-order valence-corrected chi connectivity index (χ2v) is 6.85. The van der Waals surface area contributed by atoms with E-state index >= 15 is 0 Å². The van der Waals surface area contributed by atoms with Crippen molar-refractivity contribution in [2.45, 2.75) is 46.5 Å². The van der Waals surface area contributed by atoms with E-state index in [4.69, 9.17) is 14.5 Å². The van der Waals surface area contributed by atoms with Crippen molar-refractivity contribution in [3.8, 4) is 5.88 Å². The molecule has 1 unspecified atom stereocenters. The van der Waals surface area contributed by atoms with Crippen LogP contribution in [-0.4, -0.2) is 45.7 Å². The first-order chi connectivity index (χ1) is 13.5. The number of carbonyl (C=O) groups excluding carboxylic acids is 1. The highest BCUT2D eigenvalue weighted by Gasteiger charge is 2.22. The molecule has 1 amide bonds. The van der Waals surface area contributed by atoms with Crippen molar-refractivity contribution in [1.82, 2.24) is 19.3 Å². The third kappa shape index (κ3) is 3.61. The molecule has 0 spiro atoms. The number of nitrogens with zero attached hydrogens (tertiary/aromatic N) is 4. The lowest BCUT2D eigenvalue weighted by Gasteiger charge is -2.22. The minimum Gasteiger partial charge on any atom is -0.457 e. The van der Waals surface area contributed by atoms with E-state index < -0.39 is 6.09 Å². The molecule has 0 saturated heterocycles. The zero-order valence-corrected chi connectivity index (χ0v) is 17.2. The highest BCUT2D eigenvalue weighted by Crippen LogP contribution is 2.32. The van der Waals surface area contributed by atoms with Crippen molar-refractivity contribution < 1.29 is 14.3 Å². The molecule has 0 N–H and O–H groups in total. The molecule has 0 aliphatic heterocycles. The van der Waals surface area contributed by atoms with E-state index in [0.29, 0.717) is 18.3 Å². The Morgan fingerprint density at radius 1 is 1.21 bits per heavy atom. The molecule has 0 fully saturated rings. The molecule has 0 aliphatic rings. The Hall–Kier alpha value is -2.83. The van der Waals surface area contributed by atoms with Gasteiger partial charge in [0.15, 0.2) is 6.73 Å². The molecule has 1 atom stereocenters. The molecule has 3 rings (SSSR count). The molecule has 0 radical (unpaired) electrons. The fourth-order valence-corrected chi connectivity index (χ4v) is 3.24. The number of para-hydroxylation sites is 2. The zero-order valence-electron chi connectivity index (χ0n) is 17.2. The number of hydrogen-bond donors (Lipinski definition) is 0. The van der Waals surface area contributed by atoms with Crippen molar-refractivity contribution in [3.63, 3.8) is 0 Å². The molecule has 28 heavy (non-hydrogen) atoms. The number of carbonyl (C=O) groups is 1. The average molecular weight is 384 g/mol. The molecular formula is C21H28N4O3. The van der Waals surface area contributed by atoms with E-state index in [9.17, 15) is 4.79 Å². The molecular weight excluding hydrogens is 356 g/mol. The number of amides is 1. The van der Waals surface area contributed by atoms with E-state index in [1.165, 1.54) is 4.90 Å². The van der Waals surface area contributed by atoms with E-state index in [1.54, 1.807) is 14.0 Å². The van der Waals surface area contributed by atoms with Gasteiger partial charge in [0, 0.05) is 12.6 Å². The quantitative estimate of drug-likeness (QED) is 0.565. The van der Waals surface area contributed by atoms with Crippen LogP contribution in [-0.2, 0) is 11.2 Å². The van der Waals surface area contributed by atoms with Gasteiger partial charge in [-0.05, 0) is 37.8 Å². The summed E-state index contributed by atoms with van der Waals surface area (Å²) < 4.78 is 13.2. The first kappa shape index (κ1) is 19.9. The maximum absolute atomic E-state index is 12.0. The van der Waals surface area contributed by atoms with Crippen LogP contribution < -0.4 is 4.74 Å². The number of imidazole rings is 1. The van der Waals surface area contributed by atoms with E-state index in [0.717, 1.165) is 35.1 Å². The standard InChI is InChI=1S/C21H28N4O3/c1-6-14(4)18-15(7-2)19(28-13-24(5)21(26)27-8-3)25-17-12-10-9-11-16(17)22-20(25)23-18/h9-12,14H,6-8,13H2,1-5H3. The number of hydrogen-bond acceptors (Lipinski definition) is 5. The van der Waals surface area contributed by atoms with Crippen molar-refractivity contribution in [2.75, 3.05) is 20.4 Å². The largest absolute Gasteiger partial charge is 0.457 e. The molecule has 7 nitrogen and oxygen atoms in total. The third-order valence-electron chi connectivity index (χ3n) is 4.94. The number of fused-ring (bicyclic) bond motifs is 3.